The minimum atomic E-state index is -0.224. The maximum atomic E-state index is 10.1. The van der Waals surface area contributed by atoms with Crippen LogP contribution in [0.4, 0.5) is 0 Å². The zero-order valence-electron chi connectivity index (χ0n) is 11.3. The molecule has 0 saturated carbocycles. The second kappa shape index (κ2) is 7.83. The van der Waals surface area contributed by atoms with Crippen molar-refractivity contribution < 1.29 is 5.11 Å². The topological polar surface area (TPSA) is 33.1 Å². The fraction of sp³-hybridized carbons (Fsp3) is 0.786. The number of aromatic nitrogens is 1. The van der Waals surface area contributed by atoms with Crippen LogP contribution in [0.1, 0.15) is 56.7 Å². The van der Waals surface area contributed by atoms with Crippen LogP contribution in [0.3, 0.4) is 0 Å². The van der Waals surface area contributed by atoms with Gasteiger partial charge in [-0.15, -0.1) is 11.3 Å². The Morgan fingerprint density at radius 3 is 2.71 bits per heavy atom. The number of hydrogen-bond acceptors (Lipinski definition) is 3. The molecular weight excluding hydrogens is 230 g/mol. The predicted octanol–water partition coefficient (Wildman–Crippen LogP) is 3.96. The van der Waals surface area contributed by atoms with Crippen molar-refractivity contribution in [3.8, 4) is 0 Å². The Balaban J connectivity index is 2.34. The van der Waals surface area contributed by atoms with Crippen LogP contribution >= 0.6 is 11.3 Å². The largest absolute Gasteiger partial charge is 0.393 e. The van der Waals surface area contributed by atoms with E-state index in [0.717, 1.165) is 17.1 Å². The molecule has 2 nitrogen and oxygen atoms in total. The molecule has 2 unspecified atom stereocenters. The highest BCUT2D eigenvalue weighted by molar-refractivity contribution is 7.09. The van der Waals surface area contributed by atoms with E-state index in [4.69, 9.17) is 0 Å². The average Bonchev–Trinajstić information content (AvgIpc) is 2.69. The van der Waals surface area contributed by atoms with Crippen LogP contribution in [-0.4, -0.2) is 16.2 Å². The van der Waals surface area contributed by atoms with Crippen LogP contribution in [0.2, 0.25) is 0 Å². The Hall–Kier alpha value is -0.410. The lowest BCUT2D eigenvalue weighted by molar-refractivity contribution is 0.137. The minimum absolute atomic E-state index is 0.224. The van der Waals surface area contributed by atoms with Crippen molar-refractivity contribution in [1.29, 1.82) is 0 Å². The molecule has 0 spiro atoms. The molecule has 0 radical (unpaired) electrons. The lowest BCUT2D eigenvalue weighted by atomic mass is 9.92. The molecule has 17 heavy (non-hydrogen) atoms. The first-order valence-corrected chi connectivity index (χ1v) is 7.62. The van der Waals surface area contributed by atoms with E-state index in [1.165, 1.54) is 25.7 Å². The maximum Gasteiger partial charge on any atom is 0.0897 e. The van der Waals surface area contributed by atoms with Gasteiger partial charge < -0.3 is 5.11 Å². The van der Waals surface area contributed by atoms with Crippen LogP contribution in [0, 0.1) is 12.8 Å². The van der Waals surface area contributed by atoms with Gasteiger partial charge in [0.05, 0.1) is 16.8 Å². The molecule has 1 N–H and O–H groups in total. The normalized spacial score (nSPS) is 14.8. The molecule has 0 fully saturated rings. The molecule has 0 aliphatic heterocycles. The van der Waals surface area contributed by atoms with Crippen molar-refractivity contribution in [2.24, 2.45) is 5.92 Å². The summed E-state index contributed by atoms with van der Waals surface area (Å²) in [5, 5.41) is 13.2. The quantitative estimate of drug-likeness (QED) is 0.762. The van der Waals surface area contributed by atoms with Gasteiger partial charge in [0.1, 0.15) is 0 Å². The summed E-state index contributed by atoms with van der Waals surface area (Å²) >= 11 is 1.66. The molecule has 0 amide bonds. The second-order valence-corrected chi connectivity index (χ2v) is 5.93. The minimum Gasteiger partial charge on any atom is -0.393 e. The molecule has 0 aromatic carbocycles. The van der Waals surface area contributed by atoms with Crippen molar-refractivity contribution in [3.05, 3.63) is 16.1 Å². The lowest BCUT2D eigenvalue weighted by Crippen LogP contribution is -2.16. The first-order valence-electron chi connectivity index (χ1n) is 6.74. The highest BCUT2D eigenvalue weighted by Crippen LogP contribution is 2.20. The summed E-state index contributed by atoms with van der Waals surface area (Å²) in [5.41, 5.74) is 1.05. The van der Waals surface area contributed by atoms with Crippen molar-refractivity contribution in [1.82, 2.24) is 4.98 Å². The summed E-state index contributed by atoms with van der Waals surface area (Å²) in [6, 6.07) is 0. The van der Waals surface area contributed by atoms with Gasteiger partial charge in [0.25, 0.3) is 0 Å². The Kier molecular flexibility index (Phi) is 6.75. The van der Waals surface area contributed by atoms with Gasteiger partial charge in [-0.2, -0.15) is 0 Å². The third-order valence-corrected chi connectivity index (χ3v) is 4.08. The van der Waals surface area contributed by atoms with Crippen LogP contribution in [-0.2, 0) is 6.42 Å². The van der Waals surface area contributed by atoms with E-state index >= 15 is 0 Å². The molecule has 1 aromatic rings. The smallest absolute Gasteiger partial charge is 0.0897 e. The zero-order valence-corrected chi connectivity index (χ0v) is 12.1. The molecule has 1 rings (SSSR count). The van der Waals surface area contributed by atoms with E-state index in [0.29, 0.717) is 12.3 Å². The Labute approximate surface area is 109 Å². The number of aliphatic hydroxyl groups is 1. The first kappa shape index (κ1) is 14.7. The molecule has 3 heteroatoms. The van der Waals surface area contributed by atoms with Gasteiger partial charge >= 0.3 is 0 Å². The second-order valence-electron chi connectivity index (χ2n) is 4.87. The SMILES string of the molecule is CCCCC(CC)CC(O)Cc1csc(C)n1. The number of aryl methyl sites for hydroxylation is 1. The van der Waals surface area contributed by atoms with Gasteiger partial charge in [-0.25, -0.2) is 4.98 Å². The number of hydrogen-bond donors (Lipinski definition) is 1. The van der Waals surface area contributed by atoms with Crippen LogP contribution < -0.4 is 0 Å². The summed E-state index contributed by atoms with van der Waals surface area (Å²) in [6.45, 7) is 6.46. The fourth-order valence-corrected chi connectivity index (χ4v) is 2.82. The molecule has 0 aliphatic carbocycles. The van der Waals surface area contributed by atoms with E-state index < -0.39 is 0 Å². The number of aliphatic hydroxyl groups excluding tert-OH is 1. The number of nitrogens with zero attached hydrogens (tertiary/aromatic N) is 1. The van der Waals surface area contributed by atoms with Crippen molar-refractivity contribution in [2.75, 3.05) is 0 Å². The highest BCUT2D eigenvalue weighted by atomic mass is 32.1. The lowest BCUT2D eigenvalue weighted by Gasteiger charge is -2.18. The van der Waals surface area contributed by atoms with Crippen molar-refractivity contribution in [3.63, 3.8) is 0 Å². The first-order chi connectivity index (χ1) is 8.15. The van der Waals surface area contributed by atoms with Crippen LogP contribution in [0.15, 0.2) is 5.38 Å². The monoisotopic (exact) mass is 255 g/mol. The number of unbranched alkanes of at least 4 members (excludes halogenated alkanes) is 1. The van der Waals surface area contributed by atoms with Crippen molar-refractivity contribution in [2.45, 2.75) is 65.4 Å². The predicted molar refractivity (Wildman–Crippen MR) is 74.5 cm³/mol. The van der Waals surface area contributed by atoms with Crippen LogP contribution in [0.5, 0.6) is 0 Å². The van der Waals surface area contributed by atoms with Gasteiger partial charge in [-0.1, -0.05) is 39.5 Å². The summed E-state index contributed by atoms with van der Waals surface area (Å²) in [6.07, 6.45) is 6.37. The molecule has 0 saturated heterocycles. The Morgan fingerprint density at radius 1 is 1.41 bits per heavy atom. The van der Waals surface area contributed by atoms with Gasteiger partial charge in [0.15, 0.2) is 0 Å². The molecule has 0 bridgehead atoms. The number of rotatable bonds is 8. The van der Waals surface area contributed by atoms with Crippen molar-refractivity contribution >= 4 is 11.3 Å². The third-order valence-electron chi connectivity index (χ3n) is 3.26. The summed E-state index contributed by atoms with van der Waals surface area (Å²) in [7, 11) is 0. The zero-order chi connectivity index (χ0) is 12.7. The Morgan fingerprint density at radius 2 is 2.18 bits per heavy atom. The molecule has 1 aromatic heterocycles. The van der Waals surface area contributed by atoms with E-state index in [-0.39, 0.29) is 6.10 Å². The Bertz CT molecular complexity index is 311. The third kappa shape index (κ3) is 5.64. The van der Waals surface area contributed by atoms with E-state index in [9.17, 15) is 5.11 Å². The number of thiazole rings is 1. The fourth-order valence-electron chi connectivity index (χ4n) is 2.19. The van der Waals surface area contributed by atoms with Gasteiger partial charge in [-0.3, -0.25) is 0 Å². The van der Waals surface area contributed by atoms with E-state index in [1.54, 1.807) is 11.3 Å². The average molecular weight is 255 g/mol. The molecule has 98 valence electrons. The van der Waals surface area contributed by atoms with E-state index in [1.807, 2.05) is 6.92 Å². The summed E-state index contributed by atoms with van der Waals surface area (Å²) in [4.78, 5) is 4.40. The molecule has 2 atom stereocenters. The highest BCUT2D eigenvalue weighted by Gasteiger charge is 2.14. The van der Waals surface area contributed by atoms with Crippen LogP contribution in [0.25, 0.3) is 0 Å². The summed E-state index contributed by atoms with van der Waals surface area (Å²) < 4.78 is 0. The van der Waals surface area contributed by atoms with Gasteiger partial charge in [-0.05, 0) is 19.3 Å². The molecule has 1 heterocycles. The van der Waals surface area contributed by atoms with E-state index in [2.05, 4.69) is 24.2 Å². The molecule has 0 aliphatic rings. The maximum absolute atomic E-state index is 10.1. The van der Waals surface area contributed by atoms with Gasteiger partial charge in [0, 0.05) is 11.8 Å². The van der Waals surface area contributed by atoms with Gasteiger partial charge in [0.2, 0.25) is 0 Å². The summed E-state index contributed by atoms with van der Waals surface area (Å²) in [5.74, 6) is 0.671. The standard InChI is InChI=1S/C14H25NOS/c1-4-6-7-12(5-2)8-14(16)9-13-10-17-11(3)15-13/h10,12,14,16H,4-9H2,1-3H3. The molecular formula is C14H25NOS.